The molecule has 0 spiro atoms. The molecule has 1 aromatic heterocycles. The molecular formula is C21H22N2O4S. The predicted molar refractivity (Wildman–Crippen MR) is 108 cm³/mol. The summed E-state index contributed by atoms with van der Waals surface area (Å²) in [6.45, 7) is 3.61. The van der Waals surface area contributed by atoms with Crippen molar-refractivity contribution in [3.63, 3.8) is 0 Å². The van der Waals surface area contributed by atoms with E-state index in [9.17, 15) is 13.2 Å². The SMILES string of the molecule is CCS(=O)(=O)c1ccc(NC(=O)CCc2ncc(-c3ccc(C)cc3)o2)cc1. The number of nitrogens with one attached hydrogen (secondary N) is 1. The summed E-state index contributed by atoms with van der Waals surface area (Å²) in [4.78, 5) is 16.6. The first kappa shape index (κ1) is 19.8. The van der Waals surface area contributed by atoms with E-state index in [1.165, 1.54) is 17.7 Å². The summed E-state index contributed by atoms with van der Waals surface area (Å²) >= 11 is 0. The van der Waals surface area contributed by atoms with E-state index >= 15 is 0 Å². The van der Waals surface area contributed by atoms with Gasteiger partial charge >= 0.3 is 0 Å². The van der Waals surface area contributed by atoms with Crippen molar-refractivity contribution in [1.82, 2.24) is 4.98 Å². The Morgan fingerprint density at radius 2 is 1.75 bits per heavy atom. The molecule has 0 aliphatic carbocycles. The highest BCUT2D eigenvalue weighted by Gasteiger charge is 2.12. The fraction of sp³-hybridized carbons (Fsp3) is 0.238. The number of nitrogens with zero attached hydrogens (tertiary/aromatic N) is 1. The van der Waals surface area contributed by atoms with Gasteiger partial charge in [0.1, 0.15) is 0 Å². The molecule has 146 valence electrons. The predicted octanol–water partition coefficient (Wildman–Crippen LogP) is 4.01. The zero-order chi connectivity index (χ0) is 20.1. The molecule has 0 aliphatic rings. The Balaban J connectivity index is 1.55. The summed E-state index contributed by atoms with van der Waals surface area (Å²) in [5.41, 5.74) is 2.66. The highest BCUT2D eigenvalue weighted by Crippen LogP contribution is 2.21. The molecule has 28 heavy (non-hydrogen) atoms. The van der Waals surface area contributed by atoms with Crippen LogP contribution in [0.2, 0.25) is 0 Å². The number of oxazole rings is 1. The van der Waals surface area contributed by atoms with Crippen LogP contribution in [-0.2, 0) is 21.1 Å². The summed E-state index contributed by atoms with van der Waals surface area (Å²) < 4.78 is 29.3. The maximum absolute atomic E-state index is 12.1. The Hall–Kier alpha value is -2.93. The van der Waals surface area contributed by atoms with Gasteiger partial charge in [-0.05, 0) is 31.2 Å². The third-order valence-corrected chi connectivity index (χ3v) is 6.08. The number of amides is 1. The van der Waals surface area contributed by atoms with Crippen molar-refractivity contribution in [3.05, 3.63) is 66.2 Å². The van der Waals surface area contributed by atoms with Crippen LogP contribution in [0.5, 0.6) is 0 Å². The van der Waals surface area contributed by atoms with Gasteiger partial charge in [0.2, 0.25) is 5.91 Å². The van der Waals surface area contributed by atoms with Gasteiger partial charge in [0.15, 0.2) is 21.5 Å². The summed E-state index contributed by atoms with van der Waals surface area (Å²) in [6, 6.07) is 14.1. The van der Waals surface area contributed by atoms with E-state index in [1.807, 2.05) is 31.2 Å². The quantitative estimate of drug-likeness (QED) is 0.649. The Morgan fingerprint density at radius 3 is 2.39 bits per heavy atom. The van der Waals surface area contributed by atoms with Crippen molar-refractivity contribution in [1.29, 1.82) is 0 Å². The number of aryl methyl sites for hydroxylation is 2. The van der Waals surface area contributed by atoms with Gasteiger partial charge in [-0.25, -0.2) is 13.4 Å². The molecule has 6 nitrogen and oxygen atoms in total. The topological polar surface area (TPSA) is 89.3 Å². The van der Waals surface area contributed by atoms with Crippen LogP contribution in [0.15, 0.2) is 64.0 Å². The van der Waals surface area contributed by atoms with Gasteiger partial charge in [-0.1, -0.05) is 36.8 Å². The Bertz CT molecular complexity index is 1050. The number of sulfone groups is 1. The molecule has 0 atom stereocenters. The van der Waals surface area contributed by atoms with Crippen molar-refractivity contribution in [2.24, 2.45) is 0 Å². The summed E-state index contributed by atoms with van der Waals surface area (Å²) in [7, 11) is -3.25. The Labute approximate surface area is 164 Å². The number of carbonyl (C=O) groups is 1. The third-order valence-electron chi connectivity index (χ3n) is 4.33. The molecule has 0 bridgehead atoms. The zero-order valence-electron chi connectivity index (χ0n) is 15.8. The van der Waals surface area contributed by atoms with Crippen LogP contribution in [0.3, 0.4) is 0 Å². The van der Waals surface area contributed by atoms with Gasteiger partial charge in [0.05, 0.1) is 16.8 Å². The summed E-state index contributed by atoms with van der Waals surface area (Å²) in [6.07, 6.45) is 2.24. The molecule has 1 N–H and O–H groups in total. The standard InChI is InChI=1S/C21H22N2O4S/c1-3-28(25,26)18-10-8-17(9-11-18)23-20(24)12-13-21-22-14-19(27-21)16-6-4-15(2)5-7-16/h4-11,14H,3,12-13H2,1-2H3,(H,23,24). The Morgan fingerprint density at radius 1 is 1.07 bits per heavy atom. The second-order valence-corrected chi connectivity index (χ2v) is 8.74. The molecule has 3 rings (SSSR count). The van der Waals surface area contributed by atoms with Crippen LogP contribution in [0.4, 0.5) is 5.69 Å². The normalized spacial score (nSPS) is 11.4. The van der Waals surface area contributed by atoms with Gasteiger partial charge in [-0.3, -0.25) is 4.79 Å². The van der Waals surface area contributed by atoms with E-state index in [-0.39, 0.29) is 23.0 Å². The van der Waals surface area contributed by atoms with Crippen molar-refractivity contribution in [2.75, 3.05) is 11.1 Å². The van der Waals surface area contributed by atoms with Crippen LogP contribution in [0.25, 0.3) is 11.3 Å². The summed E-state index contributed by atoms with van der Waals surface area (Å²) in [5, 5.41) is 2.75. The zero-order valence-corrected chi connectivity index (χ0v) is 16.6. The molecule has 0 aliphatic heterocycles. The molecule has 3 aromatic rings. The van der Waals surface area contributed by atoms with Gasteiger partial charge in [0.25, 0.3) is 0 Å². The molecule has 0 saturated carbocycles. The number of anilines is 1. The van der Waals surface area contributed by atoms with Crippen LogP contribution < -0.4 is 5.32 Å². The van der Waals surface area contributed by atoms with Gasteiger partial charge in [-0.2, -0.15) is 0 Å². The smallest absolute Gasteiger partial charge is 0.224 e. The minimum absolute atomic E-state index is 0.0411. The number of rotatable bonds is 7. The number of aromatic nitrogens is 1. The lowest BCUT2D eigenvalue weighted by Gasteiger charge is -2.06. The first-order chi connectivity index (χ1) is 13.4. The fourth-order valence-electron chi connectivity index (χ4n) is 2.63. The number of carbonyl (C=O) groups excluding carboxylic acids is 1. The minimum Gasteiger partial charge on any atom is -0.441 e. The maximum atomic E-state index is 12.1. The average Bonchev–Trinajstić information content (AvgIpc) is 3.16. The molecular weight excluding hydrogens is 376 g/mol. The fourth-order valence-corrected chi connectivity index (χ4v) is 3.52. The molecule has 1 amide bonds. The van der Waals surface area contributed by atoms with Crippen molar-refractivity contribution < 1.29 is 17.6 Å². The highest BCUT2D eigenvalue weighted by molar-refractivity contribution is 7.91. The molecule has 0 fully saturated rings. The van der Waals surface area contributed by atoms with E-state index in [4.69, 9.17) is 4.42 Å². The van der Waals surface area contributed by atoms with Gasteiger partial charge in [0, 0.05) is 24.1 Å². The maximum Gasteiger partial charge on any atom is 0.224 e. The molecule has 0 radical (unpaired) electrons. The largest absolute Gasteiger partial charge is 0.441 e. The lowest BCUT2D eigenvalue weighted by atomic mass is 10.1. The van der Waals surface area contributed by atoms with Crippen LogP contribution >= 0.6 is 0 Å². The second-order valence-electron chi connectivity index (χ2n) is 6.46. The van der Waals surface area contributed by atoms with E-state index in [2.05, 4.69) is 10.3 Å². The van der Waals surface area contributed by atoms with E-state index < -0.39 is 9.84 Å². The van der Waals surface area contributed by atoms with Crippen LogP contribution in [0, 0.1) is 6.92 Å². The third kappa shape index (κ3) is 4.86. The molecule has 1 heterocycles. The summed E-state index contributed by atoms with van der Waals surface area (Å²) in [5.74, 6) is 1.01. The minimum atomic E-state index is -3.25. The van der Waals surface area contributed by atoms with Crippen molar-refractivity contribution in [3.8, 4) is 11.3 Å². The van der Waals surface area contributed by atoms with Crippen LogP contribution in [0.1, 0.15) is 24.8 Å². The second kappa shape index (κ2) is 8.39. The van der Waals surface area contributed by atoms with Crippen molar-refractivity contribution >= 4 is 21.4 Å². The number of hydrogen-bond acceptors (Lipinski definition) is 5. The number of benzene rings is 2. The molecule has 0 saturated heterocycles. The molecule has 7 heteroatoms. The van der Waals surface area contributed by atoms with Gasteiger partial charge in [-0.15, -0.1) is 0 Å². The lowest BCUT2D eigenvalue weighted by molar-refractivity contribution is -0.116. The highest BCUT2D eigenvalue weighted by atomic mass is 32.2. The first-order valence-corrected chi connectivity index (χ1v) is 10.7. The number of hydrogen-bond donors (Lipinski definition) is 1. The van der Waals surface area contributed by atoms with Crippen LogP contribution in [-0.4, -0.2) is 25.1 Å². The van der Waals surface area contributed by atoms with Crippen molar-refractivity contribution in [2.45, 2.75) is 31.6 Å². The van der Waals surface area contributed by atoms with E-state index in [1.54, 1.807) is 25.3 Å². The van der Waals surface area contributed by atoms with Gasteiger partial charge < -0.3 is 9.73 Å². The lowest BCUT2D eigenvalue weighted by Crippen LogP contribution is -2.12. The molecule has 0 unspecified atom stereocenters. The Kier molecular flexibility index (Phi) is 5.94. The van der Waals surface area contributed by atoms with E-state index in [0.717, 1.165) is 5.56 Å². The monoisotopic (exact) mass is 398 g/mol. The molecule has 2 aromatic carbocycles. The van der Waals surface area contributed by atoms with E-state index in [0.29, 0.717) is 23.8 Å². The average molecular weight is 398 g/mol. The first-order valence-electron chi connectivity index (χ1n) is 9.02.